The topological polar surface area (TPSA) is 71.3 Å². The van der Waals surface area contributed by atoms with Gasteiger partial charge in [0.1, 0.15) is 11.4 Å². The van der Waals surface area contributed by atoms with Crippen LogP contribution in [0.3, 0.4) is 0 Å². The molecule has 1 aliphatic rings. The molecule has 6 nitrogen and oxygen atoms in total. The average Bonchev–Trinajstić information content (AvgIpc) is 2.98. The van der Waals surface area contributed by atoms with Crippen LogP contribution in [0, 0.1) is 0 Å². The van der Waals surface area contributed by atoms with E-state index in [4.69, 9.17) is 16.0 Å². The highest BCUT2D eigenvalue weighted by molar-refractivity contribution is 6.20. The molecule has 0 aromatic carbocycles. The van der Waals surface area contributed by atoms with E-state index in [1.54, 1.807) is 13.8 Å². The van der Waals surface area contributed by atoms with E-state index in [0.29, 0.717) is 5.89 Å². The molecule has 2 rings (SSSR count). The van der Waals surface area contributed by atoms with Gasteiger partial charge in [0.25, 0.3) is 0 Å². The van der Waals surface area contributed by atoms with Crippen molar-refractivity contribution in [3.63, 3.8) is 0 Å². The Kier molecular flexibility index (Phi) is 4.06. The predicted octanol–water partition coefficient (Wildman–Crippen LogP) is 1.79. The van der Waals surface area contributed by atoms with Crippen molar-refractivity contribution in [2.24, 2.45) is 0 Å². The molecule has 0 saturated carbocycles. The summed E-state index contributed by atoms with van der Waals surface area (Å²) in [6.07, 6.45) is 2.15. The van der Waals surface area contributed by atoms with Crippen LogP contribution in [0.4, 0.5) is 6.01 Å². The zero-order chi connectivity index (χ0) is 13.1. The molecule has 1 aliphatic heterocycles. The minimum absolute atomic E-state index is 0.0613. The molecule has 0 radical (unpaired) electrons. The normalized spacial score (nSPS) is 18.7. The lowest BCUT2D eigenvalue weighted by molar-refractivity contribution is -0.130. The number of nitrogens with one attached hydrogen (secondary N) is 1. The number of carbonyl (C=O) groups excluding carboxylic acids is 1. The lowest BCUT2D eigenvalue weighted by Crippen LogP contribution is -2.39. The van der Waals surface area contributed by atoms with Gasteiger partial charge in [-0.05, 0) is 26.7 Å². The molecule has 0 bridgehead atoms. The second-order valence-electron chi connectivity index (χ2n) is 4.46. The number of carbonyl (C=O) groups is 1. The molecule has 1 aromatic rings. The third kappa shape index (κ3) is 2.93. The monoisotopic (exact) mass is 272 g/mol. The number of rotatable bonds is 4. The smallest absolute Gasteiger partial charge is 0.316 e. The second-order valence-corrected chi connectivity index (χ2v) is 5.11. The highest BCUT2D eigenvalue weighted by Gasteiger charge is 2.24. The van der Waals surface area contributed by atoms with E-state index in [1.165, 1.54) is 0 Å². The zero-order valence-electron chi connectivity index (χ0n) is 10.5. The lowest BCUT2D eigenvalue weighted by atomic mass is 10.3. The molecular formula is C11H17ClN4O2. The minimum Gasteiger partial charge on any atom is -0.406 e. The average molecular weight is 273 g/mol. The van der Waals surface area contributed by atoms with E-state index in [1.807, 2.05) is 4.90 Å². The van der Waals surface area contributed by atoms with Crippen LogP contribution in [0.15, 0.2) is 4.42 Å². The summed E-state index contributed by atoms with van der Waals surface area (Å²) in [4.78, 5) is 13.9. The maximum Gasteiger partial charge on any atom is 0.316 e. The van der Waals surface area contributed by atoms with Crippen molar-refractivity contribution in [3.05, 3.63) is 5.89 Å². The van der Waals surface area contributed by atoms with E-state index in [-0.39, 0.29) is 23.3 Å². The largest absolute Gasteiger partial charge is 0.406 e. The number of likely N-dealkylation sites (tertiary alicyclic amines) is 1. The van der Waals surface area contributed by atoms with Crippen molar-refractivity contribution in [3.8, 4) is 0 Å². The van der Waals surface area contributed by atoms with Crippen LogP contribution < -0.4 is 5.32 Å². The molecule has 1 N–H and O–H groups in total. The highest BCUT2D eigenvalue weighted by Crippen LogP contribution is 2.20. The van der Waals surface area contributed by atoms with Gasteiger partial charge in [0, 0.05) is 13.1 Å². The second kappa shape index (κ2) is 5.56. The van der Waals surface area contributed by atoms with E-state index < -0.39 is 0 Å². The molecule has 1 fully saturated rings. The summed E-state index contributed by atoms with van der Waals surface area (Å²) in [6.45, 7) is 5.20. The van der Waals surface area contributed by atoms with Crippen LogP contribution in [0.1, 0.15) is 38.0 Å². The number of hydrogen-bond acceptors (Lipinski definition) is 5. The van der Waals surface area contributed by atoms with Gasteiger partial charge in [0.2, 0.25) is 11.8 Å². The van der Waals surface area contributed by atoms with Crippen LogP contribution in [0.2, 0.25) is 0 Å². The minimum atomic E-state index is -0.373. The molecule has 0 spiro atoms. The van der Waals surface area contributed by atoms with Crippen molar-refractivity contribution in [1.82, 2.24) is 15.1 Å². The quantitative estimate of drug-likeness (QED) is 0.846. The van der Waals surface area contributed by atoms with Crippen molar-refractivity contribution >= 4 is 23.5 Å². The first-order chi connectivity index (χ1) is 8.58. The standard InChI is InChI=1S/C11H17ClN4O2/c1-7(12)9-14-15-11(18-9)13-8(2)10(17)16-5-3-4-6-16/h7-8H,3-6H2,1-2H3,(H,13,15). The first kappa shape index (κ1) is 13.1. The van der Waals surface area contributed by atoms with Gasteiger partial charge < -0.3 is 14.6 Å². The summed E-state index contributed by atoms with van der Waals surface area (Å²) in [5.41, 5.74) is 0. The van der Waals surface area contributed by atoms with Crippen molar-refractivity contribution in [2.45, 2.75) is 38.1 Å². The molecule has 1 saturated heterocycles. The maximum absolute atomic E-state index is 12.0. The molecule has 1 amide bonds. The summed E-state index contributed by atoms with van der Waals surface area (Å²) < 4.78 is 5.29. The SMILES string of the molecule is CC(Nc1nnc(C(C)Cl)o1)C(=O)N1CCCC1. The Labute approximate surface area is 111 Å². The van der Waals surface area contributed by atoms with Gasteiger partial charge in [-0.25, -0.2) is 0 Å². The van der Waals surface area contributed by atoms with E-state index >= 15 is 0 Å². The summed E-state index contributed by atoms with van der Waals surface area (Å²) in [6, 6.07) is -0.139. The summed E-state index contributed by atoms with van der Waals surface area (Å²) in [7, 11) is 0. The maximum atomic E-state index is 12.0. The molecule has 7 heteroatoms. The molecular weight excluding hydrogens is 256 g/mol. The number of anilines is 1. The Morgan fingerprint density at radius 3 is 2.61 bits per heavy atom. The zero-order valence-corrected chi connectivity index (χ0v) is 11.3. The molecule has 0 aliphatic carbocycles. The number of aromatic nitrogens is 2. The van der Waals surface area contributed by atoms with Crippen molar-refractivity contribution in [2.75, 3.05) is 18.4 Å². The molecule has 2 unspecified atom stereocenters. The van der Waals surface area contributed by atoms with Crippen LogP contribution >= 0.6 is 11.6 Å². The fourth-order valence-corrected chi connectivity index (χ4v) is 2.00. The van der Waals surface area contributed by atoms with Crippen LogP contribution in [-0.2, 0) is 4.79 Å². The lowest BCUT2D eigenvalue weighted by Gasteiger charge is -2.20. The van der Waals surface area contributed by atoms with Gasteiger partial charge in [-0.3, -0.25) is 4.79 Å². The third-order valence-corrected chi connectivity index (χ3v) is 3.10. The van der Waals surface area contributed by atoms with Gasteiger partial charge >= 0.3 is 6.01 Å². The fourth-order valence-electron chi connectivity index (χ4n) is 1.91. The summed E-state index contributed by atoms with van der Waals surface area (Å²) in [5.74, 6) is 0.408. The van der Waals surface area contributed by atoms with Gasteiger partial charge in [-0.15, -0.1) is 16.7 Å². The van der Waals surface area contributed by atoms with Crippen LogP contribution in [-0.4, -0.2) is 40.1 Å². The predicted molar refractivity (Wildman–Crippen MR) is 67.5 cm³/mol. The van der Waals surface area contributed by atoms with Crippen LogP contribution in [0.5, 0.6) is 0 Å². The Balaban J connectivity index is 1.93. The number of nitrogens with zero attached hydrogens (tertiary/aromatic N) is 3. The Morgan fingerprint density at radius 1 is 1.39 bits per heavy atom. The van der Waals surface area contributed by atoms with Gasteiger partial charge in [-0.2, -0.15) is 0 Å². The van der Waals surface area contributed by atoms with E-state index in [0.717, 1.165) is 25.9 Å². The summed E-state index contributed by atoms with van der Waals surface area (Å²) in [5, 5.41) is 10.2. The molecule has 1 aromatic heterocycles. The Morgan fingerprint density at radius 2 is 2.06 bits per heavy atom. The fraction of sp³-hybridized carbons (Fsp3) is 0.727. The Bertz CT molecular complexity index is 415. The van der Waals surface area contributed by atoms with Gasteiger partial charge in [0.15, 0.2) is 0 Å². The first-order valence-corrected chi connectivity index (χ1v) is 6.54. The van der Waals surface area contributed by atoms with E-state index in [9.17, 15) is 4.79 Å². The third-order valence-electron chi connectivity index (χ3n) is 2.91. The van der Waals surface area contributed by atoms with Gasteiger partial charge in [-0.1, -0.05) is 5.10 Å². The molecule has 100 valence electrons. The molecule has 18 heavy (non-hydrogen) atoms. The Hall–Kier alpha value is -1.30. The van der Waals surface area contributed by atoms with Gasteiger partial charge in [0.05, 0.1) is 0 Å². The van der Waals surface area contributed by atoms with Crippen LogP contribution in [0.25, 0.3) is 0 Å². The number of alkyl halides is 1. The van der Waals surface area contributed by atoms with Crippen molar-refractivity contribution in [1.29, 1.82) is 0 Å². The molecule has 2 atom stereocenters. The number of hydrogen-bond donors (Lipinski definition) is 1. The van der Waals surface area contributed by atoms with E-state index in [2.05, 4.69) is 15.5 Å². The highest BCUT2D eigenvalue weighted by atomic mass is 35.5. The summed E-state index contributed by atoms with van der Waals surface area (Å²) >= 11 is 5.82. The number of halogens is 1. The molecule has 2 heterocycles. The first-order valence-electron chi connectivity index (χ1n) is 6.10. The van der Waals surface area contributed by atoms with Crippen molar-refractivity contribution < 1.29 is 9.21 Å². The number of amides is 1.